The predicted octanol–water partition coefficient (Wildman–Crippen LogP) is 3.07. The summed E-state index contributed by atoms with van der Waals surface area (Å²) in [5.74, 6) is -1.44. The molecule has 1 aliphatic carbocycles. The van der Waals surface area contributed by atoms with Crippen molar-refractivity contribution in [3.05, 3.63) is 66.1 Å². The lowest BCUT2D eigenvalue weighted by Gasteiger charge is -2.10. The number of amides is 1. The third-order valence-electron chi connectivity index (χ3n) is 4.26. The highest BCUT2D eigenvalue weighted by atomic mass is 32.2. The molecule has 1 aliphatic rings. The van der Waals surface area contributed by atoms with Gasteiger partial charge in [-0.25, -0.2) is 17.5 Å². The van der Waals surface area contributed by atoms with E-state index in [1.54, 1.807) is 24.4 Å². The number of anilines is 1. The Morgan fingerprint density at radius 3 is 2.67 bits per heavy atom. The molecule has 2 N–H and O–H groups in total. The maximum absolute atomic E-state index is 14.1. The SMILES string of the molecule is O=C(Nc1cccc2cccnc12)c1ccc(F)c(S(=O)(=O)NC2CC2)c1. The van der Waals surface area contributed by atoms with Crippen LogP contribution in [-0.2, 0) is 10.0 Å². The Balaban J connectivity index is 1.65. The van der Waals surface area contributed by atoms with Gasteiger partial charge in [0.05, 0.1) is 11.2 Å². The van der Waals surface area contributed by atoms with E-state index in [-0.39, 0.29) is 11.6 Å². The molecule has 1 saturated carbocycles. The number of benzene rings is 2. The van der Waals surface area contributed by atoms with E-state index in [9.17, 15) is 17.6 Å². The van der Waals surface area contributed by atoms with Crippen molar-refractivity contribution in [2.45, 2.75) is 23.8 Å². The molecule has 8 heteroatoms. The van der Waals surface area contributed by atoms with Crippen LogP contribution in [0, 0.1) is 5.82 Å². The molecular weight excluding hydrogens is 369 g/mol. The van der Waals surface area contributed by atoms with Gasteiger partial charge in [0, 0.05) is 23.2 Å². The number of pyridine rings is 1. The van der Waals surface area contributed by atoms with Gasteiger partial charge in [0.15, 0.2) is 0 Å². The number of hydrogen-bond acceptors (Lipinski definition) is 4. The van der Waals surface area contributed by atoms with E-state index in [0.717, 1.165) is 30.4 Å². The smallest absolute Gasteiger partial charge is 0.255 e. The van der Waals surface area contributed by atoms with Crippen molar-refractivity contribution in [3.8, 4) is 0 Å². The summed E-state index contributed by atoms with van der Waals surface area (Å²) in [7, 11) is -4.01. The number of nitrogens with zero attached hydrogens (tertiary/aromatic N) is 1. The largest absolute Gasteiger partial charge is 0.320 e. The quantitative estimate of drug-likeness (QED) is 0.707. The van der Waals surface area contributed by atoms with Gasteiger partial charge in [0.2, 0.25) is 10.0 Å². The Morgan fingerprint density at radius 1 is 1.11 bits per heavy atom. The number of para-hydroxylation sites is 1. The Labute approximate surface area is 155 Å². The second kappa shape index (κ2) is 6.71. The number of nitrogens with one attached hydrogen (secondary N) is 2. The molecule has 6 nitrogen and oxygen atoms in total. The fraction of sp³-hybridized carbons (Fsp3) is 0.158. The number of hydrogen-bond donors (Lipinski definition) is 2. The molecule has 1 fully saturated rings. The molecule has 0 atom stereocenters. The Kier molecular flexibility index (Phi) is 4.37. The van der Waals surface area contributed by atoms with Gasteiger partial charge >= 0.3 is 0 Å². The lowest BCUT2D eigenvalue weighted by atomic mass is 10.1. The lowest BCUT2D eigenvalue weighted by Crippen LogP contribution is -2.27. The van der Waals surface area contributed by atoms with Crippen LogP contribution in [0.15, 0.2) is 59.6 Å². The first kappa shape index (κ1) is 17.6. The zero-order chi connectivity index (χ0) is 19.0. The molecule has 27 heavy (non-hydrogen) atoms. The first-order chi connectivity index (χ1) is 12.9. The number of fused-ring (bicyclic) bond motifs is 1. The van der Waals surface area contributed by atoms with E-state index in [1.165, 1.54) is 6.07 Å². The van der Waals surface area contributed by atoms with Crippen LogP contribution in [0.2, 0.25) is 0 Å². The van der Waals surface area contributed by atoms with Gasteiger partial charge in [-0.05, 0) is 43.2 Å². The minimum Gasteiger partial charge on any atom is -0.320 e. The monoisotopic (exact) mass is 385 g/mol. The molecule has 2 aromatic carbocycles. The van der Waals surface area contributed by atoms with Crippen LogP contribution in [0.4, 0.5) is 10.1 Å². The van der Waals surface area contributed by atoms with Crippen molar-refractivity contribution < 1.29 is 17.6 Å². The van der Waals surface area contributed by atoms with E-state index >= 15 is 0 Å². The number of sulfonamides is 1. The topological polar surface area (TPSA) is 88.2 Å². The highest BCUT2D eigenvalue weighted by Gasteiger charge is 2.30. The average molecular weight is 385 g/mol. The summed E-state index contributed by atoms with van der Waals surface area (Å²) < 4.78 is 41.1. The van der Waals surface area contributed by atoms with Crippen molar-refractivity contribution in [1.82, 2.24) is 9.71 Å². The lowest BCUT2D eigenvalue weighted by molar-refractivity contribution is 0.102. The van der Waals surface area contributed by atoms with Crippen LogP contribution in [-0.4, -0.2) is 25.4 Å². The molecule has 138 valence electrons. The highest BCUT2D eigenvalue weighted by molar-refractivity contribution is 7.89. The Bertz CT molecular complexity index is 1140. The number of aromatic nitrogens is 1. The van der Waals surface area contributed by atoms with Crippen LogP contribution >= 0.6 is 0 Å². The summed E-state index contributed by atoms with van der Waals surface area (Å²) in [5, 5.41) is 3.57. The molecule has 1 heterocycles. The second-order valence-corrected chi connectivity index (χ2v) is 8.06. The molecule has 0 spiro atoms. The third kappa shape index (κ3) is 3.67. The zero-order valence-corrected chi connectivity index (χ0v) is 15.0. The van der Waals surface area contributed by atoms with Crippen molar-refractivity contribution in [2.75, 3.05) is 5.32 Å². The standard InChI is InChI=1S/C19H16FN3O3S/c20-15-9-6-13(11-17(15)27(25,26)23-14-7-8-14)19(24)22-16-5-1-3-12-4-2-10-21-18(12)16/h1-6,9-11,14,23H,7-8H2,(H,22,24). The highest BCUT2D eigenvalue weighted by Crippen LogP contribution is 2.25. The third-order valence-corrected chi connectivity index (χ3v) is 5.80. The van der Waals surface area contributed by atoms with Gasteiger partial charge in [0.25, 0.3) is 5.91 Å². The molecule has 4 rings (SSSR count). The molecule has 0 unspecified atom stereocenters. The number of carbonyl (C=O) groups excluding carboxylic acids is 1. The number of halogens is 1. The van der Waals surface area contributed by atoms with Crippen LogP contribution < -0.4 is 10.0 Å². The number of rotatable bonds is 5. The molecule has 0 radical (unpaired) electrons. The van der Waals surface area contributed by atoms with E-state index < -0.39 is 26.6 Å². The van der Waals surface area contributed by atoms with E-state index in [1.807, 2.05) is 12.1 Å². The molecule has 1 aromatic heterocycles. The van der Waals surface area contributed by atoms with Crippen LogP contribution in [0.1, 0.15) is 23.2 Å². The van der Waals surface area contributed by atoms with Crippen LogP contribution in [0.3, 0.4) is 0 Å². The predicted molar refractivity (Wildman–Crippen MR) is 99.4 cm³/mol. The van der Waals surface area contributed by atoms with Crippen molar-refractivity contribution in [3.63, 3.8) is 0 Å². The van der Waals surface area contributed by atoms with Crippen LogP contribution in [0.25, 0.3) is 10.9 Å². The van der Waals surface area contributed by atoms with Gasteiger partial charge in [-0.3, -0.25) is 9.78 Å². The maximum Gasteiger partial charge on any atom is 0.255 e. The normalized spacial score (nSPS) is 14.3. The zero-order valence-electron chi connectivity index (χ0n) is 14.1. The fourth-order valence-electron chi connectivity index (χ4n) is 2.73. The fourth-order valence-corrected chi connectivity index (χ4v) is 4.14. The van der Waals surface area contributed by atoms with E-state index in [0.29, 0.717) is 11.2 Å². The Hall–Kier alpha value is -2.84. The van der Waals surface area contributed by atoms with Gasteiger partial charge in [-0.15, -0.1) is 0 Å². The van der Waals surface area contributed by atoms with Gasteiger partial charge < -0.3 is 5.32 Å². The molecule has 0 saturated heterocycles. The summed E-state index contributed by atoms with van der Waals surface area (Å²) in [6, 6.07) is 12.1. The minimum absolute atomic E-state index is 0.0421. The molecule has 0 aliphatic heterocycles. The summed E-state index contributed by atoms with van der Waals surface area (Å²) in [5.41, 5.74) is 1.14. The second-order valence-electron chi connectivity index (χ2n) is 6.38. The number of carbonyl (C=O) groups is 1. The van der Waals surface area contributed by atoms with Crippen molar-refractivity contribution in [2.24, 2.45) is 0 Å². The molecule has 0 bridgehead atoms. The summed E-state index contributed by atoms with van der Waals surface area (Å²) in [6.45, 7) is 0. The first-order valence-corrected chi connectivity index (χ1v) is 9.89. The molecule has 3 aromatic rings. The Morgan fingerprint density at radius 2 is 1.89 bits per heavy atom. The average Bonchev–Trinajstić information content (AvgIpc) is 3.45. The van der Waals surface area contributed by atoms with Crippen LogP contribution in [0.5, 0.6) is 0 Å². The molecular formula is C19H16FN3O3S. The summed E-state index contributed by atoms with van der Waals surface area (Å²) in [4.78, 5) is 16.3. The summed E-state index contributed by atoms with van der Waals surface area (Å²) >= 11 is 0. The van der Waals surface area contributed by atoms with Gasteiger partial charge in [-0.1, -0.05) is 18.2 Å². The first-order valence-electron chi connectivity index (χ1n) is 8.41. The van der Waals surface area contributed by atoms with Gasteiger partial charge in [-0.2, -0.15) is 0 Å². The van der Waals surface area contributed by atoms with Gasteiger partial charge in [0.1, 0.15) is 10.7 Å². The van der Waals surface area contributed by atoms with Crippen molar-refractivity contribution in [1.29, 1.82) is 0 Å². The maximum atomic E-state index is 14.1. The summed E-state index contributed by atoms with van der Waals surface area (Å²) in [6.07, 6.45) is 3.08. The molecule has 1 amide bonds. The van der Waals surface area contributed by atoms with E-state index in [2.05, 4.69) is 15.0 Å². The van der Waals surface area contributed by atoms with E-state index in [4.69, 9.17) is 0 Å². The van der Waals surface area contributed by atoms with Crippen molar-refractivity contribution >= 4 is 32.5 Å². The minimum atomic E-state index is -4.01.